The van der Waals surface area contributed by atoms with E-state index in [1.54, 1.807) is 12.1 Å². The van der Waals surface area contributed by atoms with Gasteiger partial charge in [-0.15, -0.1) is 0 Å². The summed E-state index contributed by atoms with van der Waals surface area (Å²) in [6.07, 6.45) is 1.37. The van der Waals surface area contributed by atoms with Gasteiger partial charge in [-0.1, -0.05) is 12.1 Å². The molecule has 0 spiro atoms. The number of amides is 1. The zero-order valence-electron chi connectivity index (χ0n) is 7.34. The monoisotopic (exact) mass is 194 g/mol. The fourth-order valence-electron chi connectivity index (χ4n) is 0.819. The van der Waals surface area contributed by atoms with Crippen LogP contribution in [-0.4, -0.2) is 28.9 Å². The van der Waals surface area contributed by atoms with Crippen molar-refractivity contribution in [2.75, 3.05) is 6.61 Å². The first-order chi connectivity index (χ1) is 6.72. The number of hydrogen-bond acceptors (Lipinski definition) is 4. The zero-order chi connectivity index (χ0) is 10.4. The van der Waals surface area contributed by atoms with Gasteiger partial charge in [0.05, 0.1) is 6.21 Å². The highest BCUT2D eigenvalue weighted by molar-refractivity contribution is 5.83. The van der Waals surface area contributed by atoms with E-state index >= 15 is 0 Å². The summed E-state index contributed by atoms with van der Waals surface area (Å²) in [4.78, 5) is 10.5. The van der Waals surface area contributed by atoms with Crippen LogP contribution >= 0.6 is 0 Å². The van der Waals surface area contributed by atoms with Gasteiger partial charge in [0.1, 0.15) is 12.4 Å². The van der Waals surface area contributed by atoms with Crippen molar-refractivity contribution in [2.45, 2.75) is 0 Å². The molecule has 1 aromatic carbocycles. The first-order valence-electron chi connectivity index (χ1n) is 3.94. The van der Waals surface area contributed by atoms with Gasteiger partial charge in [-0.3, -0.25) is 4.79 Å². The number of carbonyl (C=O) groups is 1. The van der Waals surface area contributed by atoms with Crippen LogP contribution in [0.5, 0.6) is 5.75 Å². The number of aliphatic hydroxyl groups is 1. The minimum atomic E-state index is -0.600. The van der Waals surface area contributed by atoms with Gasteiger partial charge in [-0.25, -0.2) is 5.43 Å². The Morgan fingerprint density at radius 3 is 3.00 bits per heavy atom. The standard InChI is InChI=1S/C9H10N2O3/c12-6-9(14)11-10-5-7-2-1-3-8(13)4-7/h1-5,12-13H,6H2,(H,11,14). The Morgan fingerprint density at radius 2 is 2.36 bits per heavy atom. The van der Waals surface area contributed by atoms with E-state index in [1.807, 2.05) is 0 Å². The highest BCUT2D eigenvalue weighted by Gasteiger charge is 1.93. The van der Waals surface area contributed by atoms with Crippen LogP contribution in [0.3, 0.4) is 0 Å². The summed E-state index contributed by atoms with van der Waals surface area (Å²) < 4.78 is 0. The number of nitrogens with zero attached hydrogens (tertiary/aromatic N) is 1. The second-order valence-electron chi connectivity index (χ2n) is 2.55. The third-order valence-corrected chi connectivity index (χ3v) is 1.42. The summed E-state index contributed by atoms with van der Waals surface area (Å²) >= 11 is 0. The molecule has 0 bridgehead atoms. The largest absolute Gasteiger partial charge is 0.508 e. The molecule has 5 heteroatoms. The number of aromatic hydroxyl groups is 1. The molecule has 1 rings (SSSR count). The molecule has 0 aromatic heterocycles. The van der Waals surface area contributed by atoms with E-state index in [0.717, 1.165) is 0 Å². The first-order valence-corrected chi connectivity index (χ1v) is 3.94. The van der Waals surface area contributed by atoms with Crippen molar-refractivity contribution in [3.63, 3.8) is 0 Å². The van der Waals surface area contributed by atoms with Crippen LogP contribution in [0, 0.1) is 0 Å². The molecule has 0 heterocycles. The molecule has 74 valence electrons. The number of nitrogens with one attached hydrogen (secondary N) is 1. The Morgan fingerprint density at radius 1 is 1.57 bits per heavy atom. The highest BCUT2D eigenvalue weighted by atomic mass is 16.3. The first kappa shape index (κ1) is 10.2. The number of phenolic OH excluding ortho intramolecular Hbond substituents is 1. The van der Waals surface area contributed by atoms with Gasteiger partial charge in [0.25, 0.3) is 5.91 Å². The molecule has 0 fully saturated rings. The molecule has 0 aliphatic rings. The lowest BCUT2D eigenvalue weighted by molar-refractivity contribution is -0.123. The molecule has 1 amide bonds. The van der Waals surface area contributed by atoms with E-state index < -0.39 is 12.5 Å². The number of aliphatic hydroxyl groups excluding tert-OH is 1. The molecule has 0 radical (unpaired) electrons. The number of hydrazone groups is 1. The maximum Gasteiger partial charge on any atom is 0.265 e. The Hall–Kier alpha value is -1.88. The molecule has 14 heavy (non-hydrogen) atoms. The molecule has 5 nitrogen and oxygen atoms in total. The third-order valence-electron chi connectivity index (χ3n) is 1.42. The number of rotatable bonds is 3. The average molecular weight is 194 g/mol. The van der Waals surface area contributed by atoms with E-state index in [2.05, 4.69) is 10.5 Å². The van der Waals surface area contributed by atoms with Crippen LogP contribution in [0.2, 0.25) is 0 Å². The van der Waals surface area contributed by atoms with E-state index in [0.29, 0.717) is 5.56 Å². The average Bonchev–Trinajstić information content (AvgIpc) is 2.17. The third kappa shape index (κ3) is 3.24. The Bertz CT molecular complexity index is 350. The Labute approximate surface area is 80.7 Å². The second-order valence-corrected chi connectivity index (χ2v) is 2.55. The lowest BCUT2D eigenvalue weighted by Crippen LogP contribution is -2.20. The maximum absolute atomic E-state index is 10.5. The highest BCUT2D eigenvalue weighted by Crippen LogP contribution is 2.08. The molecule has 0 unspecified atom stereocenters. The van der Waals surface area contributed by atoms with Crippen molar-refractivity contribution in [1.29, 1.82) is 0 Å². The lowest BCUT2D eigenvalue weighted by atomic mass is 10.2. The van der Waals surface area contributed by atoms with E-state index in [-0.39, 0.29) is 5.75 Å². The quantitative estimate of drug-likeness (QED) is 0.461. The number of carbonyl (C=O) groups excluding carboxylic acids is 1. The van der Waals surface area contributed by atoms with Gasteiger partial charge in [0.2, 0.25) is 0 Å². The molecule has 0 saturated carbocycles. The fourth-order valence-corrected chi connectivity index (χ4v) is 0.819. The molecule has 1 aromatic rings. The fraction of sp³-hybridized carbons (Fsp3) is 0.111. The van der Waals surface area contributed by atoms with E-state index in [4.69, 9.17) is 10.2 Å². The van der Waals surface area contributed by atoms with Gasteiger partial charge in [0.15, 0.2) is 0 Å². The predicted molar refractivity (Wildman–Crippen MR) is 50.9 cm³/mol. The summed E-state index contributed by atoms with van der Waals surface area (Å²) in [5.74, 6) is -0.455. The molecule has 0 aliphatic heterocycles. The van der Waals surface area contributed by atoms with Crippen LogP contribution in [0.15, 0.2) is 29.4 Å². The number of hydrogen-bond donors (Lipinski definition) is 3. The Balaban J connectivity index is 2.56. The molecular formula is C9H10N2O3. The second kappa shape index (κ2) is 4.98. The SMILES string of the molecule is O=C(CO)NN=Cc1cccc(O)c1. The van der Waals surface area contributed by atoms with Crippen molar-refractivity contribution in [1.82, 2.24) is 5.43 Å². The predicted octanol–water partition coefficient (Wildman–Crippen LogP) is -0.165. The molecule has 3 N–H and O–H groups in total. The minimum absolute atomic E-state index is 0.127. The number of phenols is 1. The van der Waals surface area contributed by atoms with Gasteiger partial charge in [-0.05, 0) is 17.7 Å². The van der Waals surface area contributed by atoms with Crippen molar-refractivity contribution in [3.05, 3.63) is 29.8 Å². The van der Waals surface area contributed by atoms with E-state index in [9.17, 15) is 4.79 Å². The van der Waals surface area contributed by atoms with Crippen LogP contribution in [-0.2, 0) is 4.79 Å². The van der Waals surface area contributed by atoms with Gasteiger partial charge >= 0.3 is 0 Å². The summed E-state index contributed by atoms with van der Waals surface area (Å²) in [5, 5.41) is 21.0. The van der Waals surface area contributed by atoms with Crippen LogP contribution in [0.4, 0.5) is 0 Å². The maximum atomic E-state index is 10.5. The zero-order valence-corrected chi connectivity index (χ0v) is 7.34. The molecule has 0 atom stereocenters. The van der Waals surface area contributed by atoms with Crippen molar-refractivity contribution in [3.8, 4) is 5.75 Å². The topological polar surface area (TPSA) is 81.9 Å². The van der Waals surface area contributed by atoms with Crippen molar-refractivity contribution < 1.29 is 15.0 Å². The molecular weight excluding hydrogens is 184 g/mol. The minimum Gasteiger partial charge on any atom is -0.508 e. The summed E-state index contributed by atoms with van der Waals surface area (Å²) in [6.45, 7) is -0.600. The van der Waals surface area contributed by atoms with Crippen LogP contribution in [0.1, 0.15) is 5.56 Å². The van der Waals surface area contributed by atoms with Gasteiger partial charge in [0, 0.05) is 0 Å². The molecule has 0 saturated heterocycles. The molecule has 0 aliphatic carbocycles. The summed E-state index contributed by atoms with van der Waals surface area (Å²) in [6, 6.07) is 6.40. The normalized spacial score (nSPS) is 10.4. The van der Waals surface area contributed by atoms with Crippen molar-refractivity contribution in [2.24, 2.45) is 5.10 Å². The van der Waals surface area contributed by atoms with Gasteiger partial charge < -0.3 is 10.2 Å². The van der Waals surface area contributed by atoms with Crippen molar-refractivity contribution >= 4 is 12.1 Å². The Kier molecular flexibility index (Phi) is 3.63. The smallest absolute Gasteiger partial charge is 0.265 e. The summed E-state index contributed by atoms with van der Waals surface area (Å²) in [5.41, 5.74) is 2.75. The van der Waals surface area contributed by atoms with Crippen LogP contribution < -0.4 is 5.43 Å². The lowest BCUT2D eigenvalue weighted by Gasteiger charge is -1.95. The number of benzene rings is 1. The van der Waals surface area contributed by atoms with Gasteiger partial charge in [-0.2, -0.15) is 5.10 Å². The summed E-state index contributed by atoms with van der Waals surface area (Å²) in [7, 11) is 0. The van der Waals surface area contributed by atoms with Crippen LogP contribution in [0.25, 0.3) is 0 Å². The van der Waals surface area contributed by atoms with E-state index in [1.165, 1.54) is 18.3 Å².